The van der Waals surface area contributed by atoms with Crippen LogP contribution in [0.1, 0.15) is 17.5 Å². The van der Waals surface area contributed by atoms with E-state index in [0.29, 0.717) is 18.8 Å². The van der Waals surface area contributed by atoms with Gasteiger partial charge in [0, 0.05) is 47.9 Å². The molecule has 212 valence electrons. The lowest BCUT2D eigenvalue weighted by Crippen LogP contribution is -2.36. The summed E-state index contributed by atoms with van der Waals surface area (Å²) in [4.78, 5) is 8.01. The molecular weight excluding hydrogens is 543 g/mol. The summed E-state index contributed by atoms with van der Waals surface area (Å²) in [6.07, 6.45) is 8.22. The van der Waals surface area contributed by atoms with Crippen LogP contribution in [-0.2, 0) is 18.7 Å². The number of nitrogens with one attached hydrogen (secondary N) is 1. The van der Waals surface area contributed by atoms with Crippen LogP contribution in [-0.4, -0.2) is 41.0 Å². The Bertz CT molecular complexity index is 1810. The van der Waals surface area contributed by atoms with Crippen molar-refractivity contribution in [2.75, 3.05) is 6.54 Å². The number of rotatable bonds is 10. The molecule has 0 fully saturated rings. The quantitative estimate of drug-likeness (QED) is 0.222. The van der Waals surface area contributed by atoms with Gasteiger partial charge in [0.1, 0.15) is 41.4 Å². The van der Waals surface area contributed by atoms with E-state index in [2.05, 4.69) is 20.4 Å². The molecule has 0 amide bonds. The SMILES string of the molecule is OC(CCNCc1ccc2c(-c3ccncc3)c(-c3ccc(F)cc3)nn2c1)(Cn1cncn1)c1ccc(F)cc1F. The molecule has 2 aromatic carbocycles. The van der Waals surface area contributed by atoms with Gasteiger partial charge >= 0.3 is 0 Å². The number of hydrogen-bond donors (Lipinski definition) is 2. The van der Waals surface area contributed by atoms with E-state index in [1.54, 1.807) is 29.0 Å². The topological polar surface area (TPSA) is 93.2 Å². The number of halogens is 3. The predicted molar refractivity (Wildman–Crippen MR) is 150 cm³/mol. The molecule has 0 bridgehead atoms. The van der Waals surface area contributed by atoms with Crippen LogP contribution >= 0.6 is 0 Å². The van der Waals surface area contributed by atoms with Gasteiger partial charge in [0.05, 0.1) is 12.1 Å². The molecule has 0 radical (unpaired) electrons. The van der Waals surface area contributed by atoms with E-state index in [-0.39, 0.29) is 24.3 Å². The first-order chi connectivity index (χ1) is 20.4. The number of aliphatic hydroxyl groups is 1. The third-order valence-corrected chi connectivity index (χ3v) is 7.14. The maximum absolute atomic E-state index is 14.7. The largest absolute Gasteiger partial charge is 0.383 e. The molecule has 2 N–H and O–H groups in total. The zero-order valence-electron chi connectivity index (χ0n) is 22.3. The normalized spacial score (nSPS) is 13.0. The maximum atomic E-state index is 14.7. The molecular formula is C31H26F3N7O. The summed E-state index contributed by atoms with van der Waals surface area (Å²) in [5.41, 5.74) is 3.46. The molecule has 6 aromatic rings. The van der Waals surface area contributed by atoms with Gasteiger partial charge in [0.15, 0.2) is 0 Å². The highest BCUT2D eigenvalue weighted by Gasteiger charge is 2.33. The summed E-state index contributed by atoms with van der Waals surface area (Å²) < 4.78 is 45.1. The summed E-state index contributed by atoms with van der Waals surface area (Å²) in [5.74, 6) is -1.87. The van der Waals surface area contributed by atoms with Crippen molar-refractivity contribution in [3.63, 3.8) is 0 Å². The Hall–Kier alpha value is -4.87. The lowest BCUT2D eigenvalue weighted by molar-refractivity contribution is 0.00326. The van der Waals surface area contributed by atoms with Gasteiger partial charge in [0.2, 0.25) is 0 Å². The Kier molecular flexibility index (Phi) is 7.51. The smallest absolute Gasteiger partial charge is 0.137 e. The van der Waals surface area contributed by atoms with E-state index >= 15 is 0 Å². The van der Waals surface area contributed by atoms with Crippen molar-refractivity contribution in [2.45, 2.75) is 25.1 Å². The van der Waals surface area contributed by atoms with Crippen molar-refractivity contribution in [1.29, 1.82) is 0 Å². The van der Waals surface area contributed by atoms with E-state index in [4.69, 9.17) is 5.10 Å². The average molecular weight is 570 g/mol. The van der Waals surface area contributed by atoms with Gasteiger partial charge in [-0.15, -0.1) is 0 Å². The summed E-state index contributed by atoms with van der Waals surface area (Å²) in [7, 11) is 0. The van der Waals surface area contributed by atoms with Crippen LogP contribution in [0.2, 0.25) is 0 Å². The fourth-order valence-electron chi connectivity index (χ4n) is 5.09. The zero-order valence-corrected chi connectivity index (χ0v) is 22.3. The Morgan fingerprint density at radius 3 is 2.38 bits per heavy atom. The fourth-order valence-corrected chi connectivity index (χ4v) is 5.09. The van der Waals surface area contributed by atoms with Gasteiger partial charge in [-0.3, -0.25) is 4.98 Å². The molecule has 0 aliphatic rings. The van der Waals surface area contributed by atoms with Crippen LogP contribution in [0.4, 0.5) is 13.2 Å². The second kappa shape index (κ2) is 11.6. The molecule has 4 aromatic heterocycles. The molecule has 4 heterocycles. The Morgan fingerprint density at radius 1 is 0.857 bits per heavy atom. The van der Waals surface area contributed by atoms with E-state index in [1.807, 2.05) is 30.5 Å². The van der Waals surface area contributed by atoms with E-state index in [0.717, 1.165) is 39.9 Å². The van der Waals surface area contributed by atoms with Crippen LogP contribution < -0.4 is 5.32 Å². The van der Waals surface area contributed by atoms with Crippen LogP contribution in [0, 0.1) is 17.5 Å². The minimum absolute atomic E-state index is 0.0175. The van der Waals surface area contributed by atoms with Crippen molar-refractivity contribution in [2.24, 2.45) is 0 Å². The third kappa shape index (κ3) is 5.65. The van der Waals surface area contributed by atoms with Crippen molar-refractivity contribution < 1.29 is 18.3 Å². The Morgan fingerprint density at radius 2 is 1.64 bits per heavy atom. The summed E-state index contributed by atoms with van der Waals surface area (Å²) >= 11 is 0. The van der Waals surface area contributed by atoms with Gasteiger partial charge < -0.3 is 10.4 Å². The molecule has 0 spiro atoms. The van der Waals surface area contributed by atoms with Crippen molar-refractivity contribution >= 4 is 5.52 Å². The monoisotopic (exact) mass is 569 g/mol. The highest BCUT2D eigenvalue weighted by molar-refractivity contribution is 5.92. The first-order valence-corrected chi connectivity index (χ1v) is 13.3. The fraction of sp³-hybridized carbons (Fsp3) is 0.161. The second-order valence-electron chi connectivity index (χ2n) is 10.0. The highest BCUT2D eigenvalue weighted by atomic mass is 19.1. The van der Waals surface area contributed by atoms with Crippen LogP contribution in [0.5, 0.6) is 0 Å². The number of hydrogen-bond acceptors (Lipinski definition) is 6. The number of nitrogens with zero attached hydrogens (tertiary/aromatic N) is 6. The van der Waals surface area contributed by atoms with Gasteiger partial charge in [-0.1, -0.05) is 12.1 Å². The number of aromatic nitrogens is 6. The highest BCUT2D eigenvalue weighted by Crippen LogP contribution is 2.35. The molecule has 1 atom stereocenters. The molecule has 1 unspecified atom stereocenters. The number of fused-ring (bicyclic) bond motifs is 1. The van der Waals surface area contributed by atoms with E-state index in [1.165, 1.54) is 35.5 Å². The summed E-state index contributed by atoms with van der Waals surface area (Å²) in [6.45, 7) is 0.709. The molecule has 6 rings (SSSR count). The van der Waals surface area contributed by atoms with Crippen molar-refractivity contribution in [3.05, 3.63) is 127 Å². The minimum Gasteiger partial charge on any atom is -0.383 e. The van der Waals surface area contributed by atoms with Crippen LogP contribution in [0.3, 0.4) is 0 Å². The van der Waals surface area contributed by atoms with Crippen LogP contribution in [0.25, 0.3) is 27.9 Å². The summed E-state index contributed by atoms with van der Waals surface area (Å²) in [5, 5.41) is 23.7. The minimum atomic E-state index is -1.66. The van der Waals surface area contributed by atoms with Crippen molar-refractivity contribution in [3.8, 4) is 22.4 Å². The van der Waals surface area contributed by atoms with Gasteiger partial charge in [-0.05, 0) is 72.6 Å². The Balaban J connectivity index is 1.23. The first kappa shape index (κ1) is 27.3. The average Bonchev–Trinajstić information content (AvgIpc) is 3.63. The molecule has 0 saturated carbocycles. The van der Waals surface area contributed by atoms with Gasteiger partial charge in [-0.2, -0.15) is 10.2 Å². The van der Waals surface area contributed by atoms with E-state index in [9.17, 15) is 18.3 Å². The first-order valence-electron chi connectivity index (χ1n) is 13.3. The lowest BCUT2D eigenvalue weighted by Gasteiger charge is -2.29. The standard InChI is InChI=1S/C31H26F3N7O/c32-24-4-2-23(3-5-24)30-29(22-9-12-35-13-10-22)28-8-1-21(17-41(28)39-30)16-36-14-11-31(42,18-40-20-37-19-38-40)26-7-6-25(33)15-27(26)34/h1-10,12-13,15,17,19-20,36,42H,11,14,16,18H2. The lowest BCUT2D eigenvalue weighted by atomic mass is 9.89. The number of benzene rings is 2. The van der Waals surface area contributed by atoms with Crippen LogP contribution in [0.15, 0.2) is 98.0 Å². The van der Waals surface area contributed by atoms with E-state index < -0.39 is 17.2 Å². The molecule has 42 heavy (non-hydrogen) atoms. The van der Waals surface area contributed by atoms with Gasteiger partial charge in [0.25, 0.3) is 0 Å². The molecule has 8 nitrogen and oxygen atoms in total. The predicted octanol–water partition coefficient (Wildman–Crippen LogP) is 5.14. The number of pyridine rings is 2. The summed E-state index contributed by atoms with van der Waals surface area (Å²) in [6, 6.07) is 17.1. The van der Waals surface area contributed by atoms with Crippen molar-refractivity contribution in [1.82, 2.24) is 34.7 Å². The van der Waals surface area contributed by atoms with Gasteiger partial charge in [-0.25, -0.2) is 27.4 Å². The zero-order chi connectivity index (χ0) is 29.1. The molecule has 11 heteroatoms. The third-order valence-electron chi connectivity index (χ3n) is 7.14. The molecule has 0 saturated heterocycles. The Labute approximate surface area is 239 Å². The maximum Gasteiger partial charge on any atom is 0.137 e. The molecule has 0 aliphatic carbocycles. The second-order valence-corrected chi connectivity index (χ2v) is 10.0. The molecule has 0 aliphatic heterocycles.